The Hall–Kier alpha value is -3.67. The Morgan fingerprint density at radius 1 is 0.963 bits per heavy atom. The van der Waals surface area contributed by atoms with E-state index in [2.05, 4.69) is 15.6 Å². The number of hydrogen-bond donors (Lipinski definition) is 1. The first-order valence-corrected chi connectivity index (χ1v) is 8.60. The van der Waals surface area contributed by atoms with E-state index in [0.717, 1.165) is 16.8 Å². The van der Waals surface area contributed by atoms with Gasteiger partial charge in [0.15, 0.2) is 0 Å². The highest BCUT2D eigenvalue weighted by molar-refractivity contribution is 5.91. The van der Waals surface area contributed by atoms with Gasteiger partial charge in [0.2, 0.25) is 5.91 Å². The molecule has 6 heteroatoms. The highest BCUT2D eigenvalue weighted by atomic mass is 16.5. The van der Waals surface area contributed by atoms with Gasteiger partial charge in [-0.3, -0.25) is 4.79 Å². The zero-order chi connectivity index (χ0) is 18.6. The molecule has 4 rings (SSSR count). The maximum Gasteiger partial charge on any atom is 0.246 e. The molecule has 0 spiro atoms. The van der Waals surface area contributed by atoms with Gasteiger partial charge in [-0.25, -0.2) is 4.68 Å². The van der Waals surface area contributed by atoms with E-state index < -0.39 is 0 Å². The van der Waals surface area contributed by atoms with Crippen molar-refractivity contribution in [3.63, 3.8) is 0 Å². The van der Waals surface area contributed by atoms with Gasteiger partial charge in [-0.2, -0.15) is 0 Å². The van der Waals surface area contributed by atoms with Crippen molar-refractivity contribution in [2.24, 2.45) is 0 Å². The van der Waals surface area contributed by atoms with Crippen LogP contribution in [0.1, 0.15) is 5.56 Å². The Morgan fingerprint density at radius 2 is 1.63 bits per heavy atom. The summed E-state index contributed by atoms with van der Waals surface area (Å²) in [5.41, 5.74) is 3.47. The van der Waals surface area contributed by atoms with Crippen molar-refractivity contribution in [3.8, 4) is 11.5 Å². The number of anilines is 1. The standard InChI is InChI=1S/C21H18N4O2/c1-15-6-10-17(11-7-15)27-18-12-8-16(9-13-18)22-21(26)14-25-20-5-3-2-4-19(20)23-24-25/h2-13H,14H2,1H3,(H,22,26). The molecule has 0 bridgehead atoms. The van der Waals surface area contributed by atoms with Crippen molar-refractivity contribution in [2.75, 3.05) is 5.32 Å². The molecule has 1 amide bonds. The minimum atomic E-state index is -0.169. The van der Waals surface area contributed by atoms with Crippen LogP contribution in [0, 0.1) is 6.92 Å². The maximum atomic E-state index is 12.3. The normalized spacial score (nSPS) is 10.7. The number of hydrogen-bond acceptors (Lipinski definition) is 4. The number of ether oxygens (including phenoxy) is 1. The van der Waals surface area contributed by atoms with Crippen LogP contribution in [0.5, 0.6) is 11.5 Å². The smallest absolute Gasteiger partial charge is 0.246 e. The van der Waals surface area contributed by atoms with Crippen LogP contribution in [0.2, 0.25) is 0 Å². The molecular weight excluding hydrogens is 340 g/mol. The summed E-state index contributed by atoms with van der Waals surface area (Å²) in [7, 11) is 0. The highest BCUT2D eigenvalue weighted by Crippen LogP contribution is 2.23. The van der Waals surface area contributed by atoms with Gasteiger partial charge in [0.05, 0.1) is 5.52 Å². The molecule has 1 N–H and O–H groups in total. The molecule has 1 aromatic heterocycles. The molecule has 0 saturated heterocycles. The van der Waals surface area contributed by atoms with E-state index in [9.17, 15) is 4.79 Å². The summed E-state index contributed by atoms with van der Waals surface area (Å²) < 4.78 is 7.37. The summed E-state index contributed by atoms with van der Waals surface area (Å²) in [4.78, 5) is 12.3. The number of aryl methyl sites for hydroxylation is 1. The molecule has 0 saturated carbocycles. The number of carbonyl (C=O) groups is 1. The van der Waals surface area contributed by atoms with Crippen molar-refractivity contribution in [1.82, 2.24) is 15.0 Å². The Bertz CT molecular complexity index is 1070. The summed E-state index contributed by atoms with van der Waals surface area (Å²) in [6.07, 6.45) is 0. The van der Waals surface area contributed by atoms with Crippen molar-refractivity contribution in [2.45, 2.75) is 13.5 Å². The van der Waals surface area contributed by atoms with Crippen LogP contribution in [0.15, 0.2) is 72.8 Å². The van der Waals surface area contributed by atoms with E-state index in [4.69, 9.17) is 4.74 Å². The molecule has 0 unspecified atom stereocenters. The minimum absolute atomic E-state index is 0.0993. The van der Waals surface area contributed by atoms with E-state index in [-0.39, 0.29) is 12.5 Å². The predicted molar refractivity (Wildman–Crippen MR) is 104 cm³/mol. The number of amides is 1. The molecule has 6 nitrogen and oxygen atoms in total. The molecule has 27 heavy (non-hydrogen) atoms. The number of para-hydroxylation sites is 1. The van der Waals surface area contributed by atoms with Crippen molar-refractivity contribution < 1.29 is 9.53 Å². The first kappa shape index (κ1) is 16.8. The molecule has 0 fully saturated rings. The fourth-order valence-corrected chi connectivity index (χ4v) is 2.72. The van der Waals surface area contributed by atoms with E-state index in [1.165, 1.54) is 5.56 Å². The van der Waals surface area contributed by atoms with Gasteiger partial charge in [0, 0.05) is 5.69 Å². The number of nitrogens with one attached hydrogen (secondary N) is 1. The van der Waals surface area contributed by atoms with Crippen LogP contribution in [0.25, 0.3) is 11.0 Å². The fraction of sp³-hybridized carbons (Fsp3) is 0.0952. The summed E-state index contributed by atoms with van der Waals surface area (Å²) in [5.74, 6) is 1.31. The lowest BCUT2D eigenvalue weighted by Crippen LogP contribution is -2.19. The van der Waals surface area contributed by atoms with Crippen LogP contribution in [0.3, 0.4) is 0 Å². The Kier molecular flexibility index (Phi) is 4.53. The lowest BCUT2D eigenvalue weighted by molar-refractivity contribution is -0.116. The average Bonchev–Trinajstić information content (AvgIpc) is 3.08. The first-order valence-electron chi connectivity index (χ1n) is 8.60. The average molecular weight is 358 g/mol. The molecule has 0 aliphatic heterocycles. The van der Waals surface area contributed by atoms with E-state index in [1.54, 1.807) is 16.8 Å². The van der Waals surface area contributed by atoms with Crippen LogP contribution in [-0.4, -0.2) is 20.9 Å². The third-order valence-electron chi connectivity index (χ3n) is 4.11. The van der Waals surface area contributed by atoms with E-state index in [0.29, 0.717) is 11.4 Å². The number of nitrogens with zero attached hydrogens (tertiary/aromatic N) is 3. The van der Waals surface area contributed by atoms with Gasteiger partial charge >= 0.3 is 0 Å². The number of carbonyl (C=O) groups excluding carboxylic acids is 1. The Balaban J connectivity index is 1.39. The second-order valence-electron chi connectivity index (χ2n) is 6.22. The van der Waals surface area contributed by atoms with Gasteiger partial charge < -0.3 is 10.1 Å². The molecule has 0 aliphatic carbocycles. The number of fused-ring (bicyclic) bond motifs is 1. The monoisotopic (exact) mass is 358 g/mol. The Morgan fingerprint density at radius 3 is 2.37 bits per heavy atom. The van der Waals surface area contributed by atoms with Crippen molar-refractivity contribution in [1.29, 1.82) is 0 Å². The van der Waals surface area contributed by atoms with E-state index >= 15 is 0 Å². The maximum absolute atomic E-state index is 12.3. The SMILES string of the molecule is Cc1ccc(Oc2ccc(NC(=O)Cn3nnc4ccccc43)cc2)cc1. The van der Waals surface area contributed by atoms with Gasteiger partial charge in [0.25, 0.3) is 0 Å². The topological polar surface area (TPSA) is 69.0 Å². The zero-order valence-corrected chi connectivity index (χ0v) is 14.8. The molecule has 0 aliphatic rings. The van der Waals surface area contributed by atoms with Crippen LogP contribution < -0.4 is 10.1 Å². The van der Waals surface area contributed by atoms with Gasteiger partial charge in [-0.1, -0.05) is 35.0 Å². The molecular formula is C21H18N4O2. The third kappa shape index (κ3) is 3.95. The van der Waals surface area contributed by atoms with Crippen LogP contribution in [-0.2, 0) is 11.3 Å². The van der Waals surface area contributed by atoms with Gasteiger partial charge in [0.1, 0.15) is 23.6 Å². The second kappa shape index (κ2) is 7.29. The largest absolute Gasteiger partial charge is 0.457 e. The minimum Gasteiger partial charge on any atom is -0.457 e. The zero-order valence-electron chi connectivity index (χ0n) is 14.8. The molecule has 4 aromatic rings. The van der Waals surface area contributed by atoms with E-state index in [1.807, 2.05) is 67.6 Å². The van der Waals surface area contributed by atoms with Crippen molar-refractivity contribution >= 4 is 22.6 Å². The lowest BCUT2D eigenvalue weighted by atomic mass is 10.2. The number of aromatic nitrogens is 3. The van der Waals surface area contributed by atoms with Crippen LogP contribution in [0.4, 0.5) is 5.69 Å². The molecule has 134 valence electrons. The van der Waals surface area contributed by atoms with Gasteiger partial charge in [-0.15, -0.1) is 5.10 Å². The molecule has 0 atom stereocenters. The summed E-state index contributed by atoms with van der Waals surface area (Å²) in [6, 6.07) is 22.6. The fourth-order valence-electron chi connectivity index (χ4n) is 2.72. The number of benzene rings is 3. The van der Waals surface area contributed by atoms with Crippen molar-refractivity contribution in [3.05, 3.63) is 78.4 Å². The van der Waals surface area contributed by atoms with Crippen LogP contribution >= 0.6 is 0 Å². The summed E-state index contributed by atoms with van der Waals surface area (Å²) in [5, 5.41) is 10.9. The second-order valence-corrected chi connectivity index (χ2v) is 6.22. The third-order valence-corrected chi connectivity index (χ3v) is 4.11. The first-order chi connectivity index (χ1) is 13.2. The summed E-state index contributed by atoms with van der Waals surface area (Å²) in [6.45, 7) is 2.13. The quantitative estimate of drug-likeness (QED) is 0.581. The Labute approximate surface area is 156 Å². The highest BCUT2D eigenvalue weighted by Gasteiger charge is 2.09. The summed E-state index contributed by atoms with van der Waals surface area (Å²) >= 11 is 0. The lowest BCUT2D eigenvalue weighted by Gasteiger charge is -2.08. The number of rotatable bonds is 5. The molecule has 3 aromatic carbocycles. The van der Waals surface area contributed by atoms with Gasteiger partial charge in [-0.05, 0) is 55.5 Å². The predicted octanol–water partition coefficient (Wildman–Crippen LogP) is 4.17. The molecule has 0 radical (unpaired) electrons. The molecule has 1 heterocycles.